The fourth-order valence-corrected chi connectivity index (χ4v) is 4.34. The van der Waals surface area contributed by atoms with Crippen LogP contribution in [0.1, 0.15) is 34.6 Å². The molecule has 11 heteroatoms. The van der Waals surface area contributed by atoms with Crippen LogP contribution in [0.4, 0.5) is 0 Å². The van der Waals surface area contributed by atoms with E-state index in [1.54, 1.807) is 31.4 Å². The van der Waals surface area contributed by atoms with E-state index in [0.29, 0.717) is 40.2 Å². The molecule has 3 aromatic carbocycles. The molecule has 0 saturated heterocycles. The number of nitrogens with one attached hydrogen (secondary N) is 1. The van der Waals surface area contributed by atoms with Gasteiger partial charge in [-0.2, -0.15) is 10.4 Å². The zero-order valence-electron chi connectivity index (χ0n) is 22.7. The van der Waals surface area contributed by atoms with Gasteiger partial charge < -0.3 is 18.6 Å². The standard InChI is InChI=1S/C30H29N5O5S/c1-37-25-13-10-21(11-14-25)6-5-9-29-34-35-30(40-29)41-20-28(36)33-32-18-22-12-15-26(27(16-22)38-2)39-19-24-8-4-3-7-23(24)17-31/h3-4,7-8,10-16,18H,5-6,9,19-20H2,1-2H3,(H,33,36). The molecule has 0 spiro atoms. The Bertz CT molecular complexity index is 1510. The number of ether oxygens (including phenoxy) is 3. The number of carbonyl (C=O) groups is 1. The third kappa shape index (κ3) is 8.84. The van der Waals surface area contributed by atoms with Crippen molar-refractivity contribution in [3.05, 3.63) is 94.9 Å². The van der Waals surface area contributed by atoms with Crippen molar-refractivity contribution in [3.63, 3.8) is 0 Å². The fourth-order valence-electron chi connectivity index (χ4n) is 3.77. The minimum atomic E-state index is -0.311. The van der Waals surface area contributed by atoms with Crippen LogP contribution in [-0.4, -0.2) is 42.3 Å². The second-order valence-corrected chi connectivity index (χ2v) is 9.64. The Kier molecular flexibility index (Phi) is 10.7. The summed E-state index contributed by atoms with van der Waals surface area (Å²) in [6.07, 6.45) is 3.90. The van der Waals surface area contributed by atoms with Crippen LogP contribution >= 0.6 is 11.8 Å². The maximum atomic E-state index is 12.2. The second-order valence-electron chi connectivity index (χ2n) is 8.71. The van der Waals surface area contributed by atoms with Crippen LogP contribution in [0.25, 0.3) is 0 Å². The molecule has 0 bridgehead atoms. The first-order chi connectivity index (χ1) is 20.1. The number of amides is 1. The zero-order chi connectivity index (χ0) is 28.9. The molecule has 10 nitrogen and oxygen atoms in total. The van der Waals surface area contributed by atoms with Crippen LogP contribution in [0.5, 0.6) is 17.2 Å². The van der Waals surface area contributed by atoms with Gasteiger partial charge in [-0.3, -0.25) is 4.79 Å². The quantitative estimate of drug-likeness (QED) is 0.127. The molecule has 0 aliphatic carbocycles. The van der Waals surface area contributed by atoms with Crippen LogP contribution in [0, 0.1) is 11.3 Å². The van der Waals surface area contributed by atoms with Gasteiger partial charge in [0.15, 0.2) is 11.5 Å². The summed E-state index contributed by atoms with van der Waals surface area (Å²) in [7, 11) is 3.18. The first-order valence-electron chi connectivity index (χ1n) is 12.8. The number of rotatable bonds is 14. The van der Waals surface area contributed by atoms with Crippen LogP contribution in [0.15, 0.2) is 81.5 Å². The number of hydrazone groups is 1. The summed E-state index contributed by atoms with van der Waals surface area (Å²) >= 11 is 1.15. The first kappa shape index (κ1) is 29.2. The molecule has 1 N–H and O–H groups in total. The summed E-state index contributed by atoms with van der Waals surface area (Å²) in [5, 5.41) is 21.7. The van der Waals surface area contributed by atoms with Crippen molar-refractivity contribution in [1.82, 2.24) is 15.6 Å². The number of methoxy groups -OCH3 is 2. The van der Waals surface area contributed by atoms with E-state index in [2.05, 4.69) is 26.8 Å². The molecule has 210 valence electrons. The van der Waals surface area contributed by atoms with Gasteiger partial charge in [0.25, 0.3) is 11.1 Å². The molecule has 0 radical (unpaired) electrons. The highest BCUT2D eigenvalue weighted by Gasteiger charge is 2.11. The number of thioether (sulfide) groups is 1. The van der Waals surface area contributed by atoms with Crippen molar-refractivity contribution in [2.24, 2.45) is 5.10 Å². The molecular formula is C30H29N5O5S. The summed E-state index contributed by atoms with van der Waals surface area (Å²) in [6, 6.07) is 22.6. The van der Waals surface area contributed by atoms with E-state index in [0.717, 1.165) is 35.9 Å². The highest BCUT2D eigenvalue weighted by atomic mass is 32.2. The fraction of sp³-hybridized carbons (Fsp3) is 0.233. The molecule has 4 rings (SSSR count). The third-order valence-corrected chi connectivity index (χ3v) is 6.72. The maximum Gasteiger partial charge on any atom is 0.277 e. The largest absolute Gasteiger partial charge is 0.497 e. The Balaban J connectivity index is 1.19. The van der Waals surface area contributed by atoms with Crippen LogP contribution in [0.2, 0.25) is 0 Å². The molecule has 41 heavy (non-hydrogen) atoms. The Morgan fingerprint density at radius 1 is 1.05 bits per heavy atom. The number of hydrogen-bond acceptors (Lipinski definition) is 10. The molecule has 0 unspecified atom stereocenters. The average Bonchev–Trinajstić information content (AvgIpc) is 3.47. The lowest BCUT2D eigenvalue weighted by Gasteiger charge is -2.12. The van der Waals surface area contributed by atoms with E-state index in [-0.39, 0.29) is 18.3 Å². The molecular weight excluding hydrogens is 542 g/mol. The Morgan fingerprint density at radius 2 is 1.88 bits per heavy atom. The number of carbonyl (C=O) groups excluding carboxylic acids is 1. The number of aromatic nitrogens is 2. The number of nitriles is 1. The molecule has 1 aromatic heterocycles. The molecule has 4 aromatic rings. The Morgan fingerprint density at radius 3 is 2.66 bits per heavy atom. The number of nitrogens with zero attached hydrogens (tertiary/aromatic N) is 4. The highest BCUT2D eigenvalue weighted by molar-refractivity contribution is 7.99. The van der Waals surface area contributed by atoms with Gasteiger partial charge in [0, 0.05) is 12.0 Å². The lowest BCUT2D eigenvalue weighted by atomic mass is 10.1. The smallest absolute Gasteiger partial charge is 0.277 e. The zero-order valence-corrected chi connectivity index (χ0v) is 23.5. The first-order valence-corrected chi connectivity index (χ1v) is 13.8. The van der Waals surface area contributed by atoms with Gasteiger partial charge in [0.2, 0.25) is 5.89 Å². The molecule has 1 amide bonds. The lowest BCUT2D eigenvalue weighted by Crippen LogP contribution is -2.19. The number of aryl methyl sites for hydroxylation is 2. The van der Waals surface area contributed by atoms with Crippen molar-refractivity contribution in [2.75, 3.05) is 20.0 Å². The summed E-state index contributed by atoms with van der Waals surface area (Å²) in [5.41, 5.74) is 5.74. The third-order valence-electron chi connectivity index (χ3n) is 5.90. The highest BCUT2D eigenvalue weighted by Crippen LogP contribution is 2.28. The van der Waals surface area contributed by atoms with Gasteiger partial charge in [-0.1, -0.05) is 42.1 Å². The molecule has 0 fully saturated rings. The molecule has 1 heterocycles. The van der Waals surface area contributed by atoms with Crippen molar-refractivity contribution in [2.45, 2.75) is 31.1 Å². The maximum absolute atomic E-state index is 12.2. The van der Waals surface area contributed by atoms with E-state index in [4.69, 9.17) is 18.6 Å². The van der Waals surface area contributed by atoms with Crippen LogP contribution in [-0.2, 0) is 24.2 Å². The topological polar surface area (TPSA) is 132 Å². The SMILES string of the molecule is COc1ccc(CCCc2nnc(SCC(=O)NN=Cc3ccc(OCc4ccccc4C#N)c(OC)c3)o2)cc1. The van der Waals surface area contributed by atoms with E-state index >= 15 is 0 Å². The number of benzene rings is 3. The summed E-state index contributed by atoms with van der Waals surface area (Å²) in [4.78, 5) is 12.2. The average molecular weight is 572 g/mol. The molecule has 0 atom stereocenters. The predicted octanol–water partition coefficient (Wildman–Crippen LogP) is 4.96. The van der Waals surface area contributed by atoms with Gasteiger partial charge in [-0.15, -0.1) is 10.2 Å². The van der Waals surface area contributed by atoms with E-state index < -0.39 is 0 Å². The molecule has 0 saturated carbocycles. The van der Waals surface area contributed by atoms with E-state index in [9.17, 15) is 10.1 Å². The normalized spacial score (nSPS) is 10.8. The van der Waals surface area contributed by atoms with E-state index in [1.807, 2.05) is 42.5 Å². The minimum Gasteiger partial charge on any atom is -0.497 e. The number of hydrogen-bond donors (Lipinski definition) is 1. The lowest BCUT2D eigenvalue weighted by molar-refractivity contribution is -0.118. The monoisotopic (exact) mass is 571 g/mol. The van der Waals surface area contributed by atoms with Gasteiger partial charge >= 0.3 is 0 Å². The van der Waals surface area contributed by atoms with Gasteiger partial charge in [-0.25, -0.2) is 5.43 Å². The summed E-state index contributed by atoms with van der Waals surface area (Å²) < 4.78 is 22.1. The van der Waals surface area contributed by atoms with E-state index in [1.165, 1.54) is 18.9 Å². The Hall–Kier alpha value is -4.82. The van der Waals surface area contributed by atoms with Gasteiger partial charge in [0.1, 0.15) is 12.4 Å². The Labute approximate surface area is 242 Å². The van der Waals surface area contributed by atoms with Crippen molar-refractivity contribution in [1.29, 1.82) is 5.26 Å². The van der Waals surface area contributed by atoms with Crippen molar-refractivity contribution < 1.29 is 23.4 Å². The van der Waals surface area contributed by atoms with Crippen molar-refractivity contribution in [3.8, 4) is 23.3 Å². The van der Waals surface area contributed by atoms with Crippen molar-refractivity contribution >= 4 is 23.9 Å². The van der Waals surface area contributed by atoms with Crippen LogP contribution in [0.3, 0.4) is 0 Å². The predicted molar refractivity (Wildman–Crippen MR) is 154 cm³/mol. The minimum absolute atomic E-state index is 0.0745. The molecule has 0 aliphatic heterocycles. The van der Waals surface area contributed by atoms with Crippen LogP contribution < -0.4 is 19.6 Å². The second kappa shape index (κ2) is 15.1. The molecule has 0 aliphatic rings. The summed E-state index contributed by atoms with van der Waals surface area (Å²) in [6.45, 7) is 0.229. The van der Waals surface area contributed by atoms with Gasteiger partial charge in [0.05, 0.1) is 37.8 Å². The summed E-state index contributed by atoms with van der Waals surface area (Å²) in [5.74, 6) is 2.16. The van der Waals surface area contributed by atoms with Gasteiger partial charge in [-0.05, 0) is 60.4 Å².